The number of ether oxygens (including phenoxy) is 5. The number of aromatic nitrogens is 2. The van der Waals surface area contributed by atoms with Crippen molar-refractivity contribution in [3.63, 3.8) is 0 Å². The van der Waals surface area contributed by atoms with E-state index in [0.29, 0.717) is 38.5 Å². The number of esters is 4. The Balaban J connectivity index is 0.932. The van der Waals surface area contributed by atoms with Crippen LogP contribution in [0.4, 0.5) is 0 Å². The highest BCUT2D eigenvalue weighted by Crippen LogP contribution is 2.71. The van der Waals surface area contributed by atoms with Gasteiger partial charge >= 0.3 is 34.8 Å². The summed E-state index contributed by atoms with van der Waals surface area (Å²) in [5.41, 5.74) is -3.10. The molecule has 2 aromatic rings. The van der Waals surface area contributed by atoms with Crippen molar-refractivity contribution >= 4 is 39.5 Å². The number of cyclic esters (lactones) is 1. The molecule has 16 nitrogen and oxygen atoms in total. The van der Waals surface area contributed by atoms with Crippen molar-refractivity contribution in [2.24, 2.45) is 34.0 Å². The number of benzene rings is 1. The van der Waals surface area contributed by atoms with Crippen molar-refractivity contribution in [2.45, 2.75) is 87.3 Å². The fourth-order valence-corrected chi connectivity index (χ4v) is 10.9. The predicted molar refractivity (Wildman–Crippen MR) is 176 cm³/mol. The number of sulfone groups is 1. The van der Waals surface area contributed by atoms with Crippen LogP contribution in [0.1, 0.15) is 65.2 Å². The summed E-state index contributed by atoms with van der Waals surface area (Å²) in [6.07, 6.45) is 0.0838. The Bertz CT molecular complexity index is 2040. The Morgan fingerprint density at radius 2 is 1.74 bits per heavy atom. The van der Waals surface area contributed by atoms with E-state index >= 15 is 0 Å². The maximum Gasteiger partial charge on any atom is 0.404 e. The molecule has 1 aromatic heterocycles. The summed E-state index contributed by atoms with van der Waals surface area (Å²) in [6.45, 7) is 7.87. The Morgan fingerprint density at radius 1 is 1.02 bits per heavy atom. The van der Waals surface area contributed by atoms with Crippen molar-refractivity contribution < 1.29 is 65.3 Å². The average Bonchev–Trinajstić information content (AvgIpc) is 3.72. The summed E-state index contributed by atoms with van der Waals surface area (Å²) in [5, 5.41) is 1.42. The highest BCUT2D eigenvalue weighted by atomic mass is 32.2. The lowest BCUT2D eigenvalue weighted by Gasteiger charge is -2.61. The van der Waals surface area contributed by atoms with E-state index < -0.39 is 84.8 Å². The molecule has 3 heterocycles. The molecule has 7 atom stereocenters. The minimum atomic E-state index is -4.24. The lowest BCUT2D eigenvalue weighted by molar-refractivity contribution is -0.744. The first-order chi connectivity index (χ1) is 25.2. The summed E-state index contributed by atoms with van der Waals surface area (Å²) < 4.78 is 58.5. The van der Waals surface area contributed by atoms with Crippen molar-refractivity contribution in [1.29, 1.82) is 0 Å². The zero-order chi connectivity index (χ0) is 37.9. The SMILES string of the molecule is C=C1C(=O)[C@@]23C(=O)O[C@H]4CCC(C)(C)[C@H]5C(=O)OC[C@@]45[C@@H]2CC[C@@H]1[C@H]3OC(=O)CCC(=O)OCCCCOc1[nH]o[n+](=O)c1S(=O)(=O)c1ccccc1. The number of carbonyl (C=O) groups is 5. The molecule has 5 aliphatic rings. The van der Waals surface area contributed by atoms with E-state index in [-0.39, 0.29) is 59.6 Å². The summed E-state index contributed by atoms with van der Waals surface area (Å²) in [6, 6.07) is 7.30. The first-order valence-corrected chi connectivity index (χ1v) is 19.2. The summed E-state index contributed by atoms with van der Waals surface area (Å²) in [5.74, 6) is -5.43. The van der Waals surface area contributed by atoms with E-state index in [1.807, 2.05) is 13.8 Å². The van der Waals surface area contributed by atoms with Crippen molar-refractivity contribution in [3.8, 4) is 5.88 Å². The van der Waals surface area contributed by atoms with Gasteiger partial charge < -0.3 is 23.7 Å². The van der Waals surface area contributed by atoms with E-state index in [0.717, 1.165) is 0 Å². The van der Waals surface area contributed by atoms with Gasteiger partial charge in [-0.2, -0.15) is 0 Å². The number of carbonyl (C=O) groups excluding carboxylic acids is 5. The highest BCUT2D eigenvalue weighted by molar-refractivity contribution is 7.91. The molecule has 0 radical (unpaired) electrons. The summed E-state index contributed by atoms with van der Waals surface area (Å²) in [7, 11) is -4.24. The molecule has 7 rings (SSSR count). The fraction of sp³-hybridized carbons (Fsp3) is 0.583. The average molecular weight is 758 g/mol. The molecule has 3 saturated carbocycles. The Kier molecular flexibility index (Phi) is 9.14. The third-order valence-electron chi connectivity index (χ3n) is 11.9. The quantitative estimate of drug-likeness (QED) is 0.108. The van der Waals surface area contributed by atoms with Crippen LogP contribution in [0.2, 0.25) is 0 Å². The zero-order valence-electron chi connectivity index (χ0n) is 29.3. The number of nitrogens with one attached hydrogen (secondary N) is 1. The van der Waals surface area contributed by atoms with Gasteiger partial charge in [0.1, 0.15) is 18.8 Å². The molecule has 0 amide bonds. The van der Waals surface area contributed by atoms with Crippen LogP contribution in [0.15, 0.2) is 57.0 Å². The standard InChI is InChI=1S/C36H41N2O14S/c1-20-22-11-12-23-35-19-49-32(42)27(35)34(2,3)16-15-24(35)50-33(43)36(23,28(20)41)29(22)51-26(40)14-13-25(39)47-17-7-8-18-48-30-31(38(44)52-37-30)53(45,46)21-9-5-4-6-10-21/h4-6,9-10,22-24,27,29,37H,1,7-8,11-19H2,2-3H3/q+1/t22-,23-,24-,27+,29+,35+,36-/m0/s1. The zero-order valence-corrected chi connectivity index (χ0v) is 30.1. The van der Waals surface area contributed by atoms with Gasteiger partial charge in [0.25, 0.3) is 9.84 Å². The summed E-state index contributed by atoms with van der Waals surface area (Å²) >= 11 is 0. The number of rotatable bonds is 12. The third-order valence-corrected chi connectivity index (χ3v) is 13.6. The largest absolute Gasteiger partial charge is 0.466 e. The van der Waals surface area contributed by atoms with Crippen LogP contribution >= 0.6 is 0 Å². The van der Waals surface area contributed by atoms with Crippen molar-refractivity contribution in [1.82, 2.24) is 5.16 Å². The van der Waals surface area contributed by atoms with Crippen LogP contribution in [-0.4, -0.2) is 75.3 Å². The molecule has 2 spiro atoms. The molecule has 5 fully saturated rings. The number of H-pyrrole nitrogens is 1. The van der Waals surface area contributed by atoms with Crippen molar-refractivity contribution in [2.75, 3.05) is 19.8 Å². The van der Waals surface area contributed by atoms with Gasteiger partial charge in [0.15, 0.2) is 11.2 Å². The van der Waals surface area contributed by atoms with Gasteiger partial charge in [0.2, 0.25) is 4.60 Å². The topological polar surface area (TPSA) is 218 Å². The highest BCUT2D eigenvalue weighted by Gasteiger charge is 2.81. The van der Waals surface area contributed by atoms with Crippen LogP contribution in [0.3, 0.4) is 0 Å². The number of fused-ring (bicyclic) bond motifs is 1. The molecule has 17 heteroatoms. The number of unbranched alkanes of at least 4 members (excludes halogenated alkanes) is 1. The first-order valence-electron chi connectivity index (χ1n) is 17.7. The van der Waals surface area contributed by atoms with Crippen LogP contribution in [0.5, 0.6) is 5.88 Å². The van der Waals surface area contributed by atoms with E-state index in [1.165, 1.54) is 24.3 Å². The lowest BCUT2D eigenvalue weighted by atomic mass is 9.43. The van der Waals surface area contributed by atoms with Crippen LogP contribution in [-0.2, 0) is 52.8 Å². The second-order valence-corrected chi connectivity index (χ2v) is 17.0. The first kappa shape index (κ1) is 36.6. The molecule has 1 aromatic carbocycles. The third kappa shape index (κ3) is 5.60. The Hall–Kier alpha value is -4.80. The van der Waals surface area contributed by atoms with E-state index in [9.17, 15) is 37.3 Å². The number of ketones is 1. The normalized spacial score (nSPS) is 31.1. The fourth-order valence-electron chi connectivity index (χ4n) is 9.60. The van der Waals surface area contributed by atoms with Gasteiger partial charge in [0.05, 0.1) is 42.3 Å². The number of hydrogen-bond acceptors (Lipinski definition) is 14. The van der Waals surface area contributed by atoms with Crippen molar-refractivity contribution in [3.05, 3.63) is 47.4 Å². The maximum atomic E-state index is 14.1. The van der Waals surface area contributed by atoms with Crippen LogP contribution < -0.4 is 9.34 Å². The molecule has 284 valence electrons. The smallest absolute Gasteiger partial charge is 0.404 e. The molecule has 2 bridgehead atoms. The van der Waals surface area contributed by atoms with Crippen LogP contribution in [0.25, 0.3) is 0 Å². The molecule has 0 unspecified atom stereocenters. The number of hydrogen-bond donors (Lipinski definition) is 1. The predicted octanol–water partition coefficient (Wildman–Crippen LogP) is 2.81. The lowest BCUT2D eigenvalue weighted by Crippen LogP contribution is -2.71. The van der Waals surface area contributed by atoms with Gasteiger partial charge in [-0.05, 0) is 77.6 Å². The number of nitrogens with zero attached hydrogens (tertiary/aromatic N) is 1. The minimum Gasteiger partial charge on any atom is -0.466 e. The van der Waals surface area contributed by atoms with Gasteiger partial charge in [0, 0.05) is 5.92 Å². The number of Topliss-reactive ketones (excluding diaryl/α,β-unsaturated/α-hetero) is 1. The van der Waals surface area contributed by atoms with E-state index in [4.69, 9.17) is 23.7 Å². The summed E-state index contributed by atoms with van der Waals surface area (Å²) in [4.78, 5) is 78.9. The second kappa shape index (κ2) is 13.2. The molecular weight excluding hydrogens is 716 g/mol. The molecule has 53 heavy (non-hydrogen) atoms. The van der Waals surface area contributed by atoms with Gasteiger partial charge in [-0.3, -0.25) is 24.0 Å². The van der Waals surface area contributed by atoms with Gasteiger partial charge in [-0.15, -0.1) is 0 Å². The molecule has 2 aliphatic heterocycles. The van der Waals surface area contributed by atoms with E-state index in [1.54, 1.807) is 6.07 Å². The molecule has 3 aliphatic carbocycles. The number of aromatic amines is 1. The van der Waals surface area contributed by atoms with Gasteiger partial charge in [-0.1, -0.05) is 43.3 Å². The second-order valence-electron chi connectivity index (χ2n) is 15.1. The monoisotopic (exact) mass is 757 g/mol. The van der Waals surface area contributed by atoms with Gasteiger partial charge in [-0.25, -0.2) is 8.42 Å². The van der Waals surface area contributed by atoms with Crippen LogP contribution in [0, 0.1) is 38.9 Å². The minimum absolute atomic E-state index is 0.00641. The maximum absolute atomic E-state index is 14.1. The molecular formula is C36H41N2O14S+. The molecule has 2 saturated heterocycles. The Morgan fingerprint density at radius 3 is 2.49 bits per heavy atom. The Labute approximate surface area is 303 Å². The molecule has 1 N–H and O–H groups in total. The van der Waals surface area contributed by atoms with E-state index in [2.05, 4.69) is 16.4 Å².